The summed E-state index contributed by atoms with van der Waals surface area (Å²) in [6.45, 7) is 1.55. The molecule has 0 aliphatic rings. The third kappa shape index (κ3) is 3.08. The third-order valence-electron chi connectivity index (χ3n) is 2.54. The number of ether oxygens (including phenoxy) is 1. The number of carbonyl (C=O) groups is 1. The average molecular weight is 228 g/mol. The van der Waals surface area contributed by atoms with Crippen LogP contribution in [0.1, 0.15) is 25.0 Å². The van der Waals surface area contributed by atoms with Crippen LogP contribution in [0.25, 0.3) is 0 Å². The zero-order chi connectivity index (χ0) is 12.1. The lowest BCUT2D eigenvalue weighted by Gasteiger charge is -2.19. The molecule has 16 heavy (non-hydrogen) atoms. The Labute approximate surface area is 93.6 Å². The lowest BCUT2D eigenvalue weighted by atomic mass is 9.97. The molecule has 0 aliphatic heterocycles. The smallest absolute Gasteiger partial charge is 0.311 e. The van der Waals surface area contributed by atoms with Gasteiger partial charge in [-0.05, 0) is 13.0 Å². The summed E-state index contributed by atoms with van der Waals surface area (Å²) in [5.74, 6) is -1.15. The standard InChI is InChI=1S/C11H16O5/c1-7(11(14)15-2)9(12)5-10(13)8-3-4-16-6-8/h3-4,6-7,9-10,12-13H,5H2,1-2H3/t7?,9?,10-/m1/s1. The Morgan fingerprint density at radius 2 is 2.25 bits per heavy atom. The number of aliphatic hydroxyl groups is 2. The number of carbonyl (C=O) groups excluding carboxylic acids is 1. The highest BCUT2D eigenvalue weighted by Gasteiger charge is 2.25. The van der Waals surface area contributed by atoms with Gasteiger partial charge in [0.2, 0.25) is 0 Å². The lowest BCUT2D eigenvalue weighted by molar-refractivity contribution is -0.149. The Kier molecular flexibility index (Phi) is 4.52. The predicted octanol–water partition coefficient (Wildman–Crippen LogP) is 0.873. The molecule has 2 N–H and O–H groups in total. The molecule has 0 aliphatic carbocycles. The van der Waals surface area contributed by atoms with Crippen molar-refractivity contribution in [1.82, 2.24) is 0 Å². The second-order valence-corrected chi connectivity index (χ2v) is 3.69. The van der Waals surface area contributed by atoms with E-state index >= 15 is 0 Å². The maximum atomic E-state index is 11.1. The van der Waals surface area contributed by atoms with Crippen LogP contribution in [-0.2, 0) is 9.53 Å². The van der Waals surface area contributed by atoms with Crippen LogP contribution in [0, 0.1) is 5.92 Å². The van der Waals surface area contributed by atoms with E-state index in [0.717, 1.165) is 0 Å². The van der Waals surface area contributed by atoms with E-state index in [1.165, 1.54) is 19.6 Å². The van der Waals surface area contributed by atoms with Gasteiger partial charge in [-0.3, -0.25) is 4.79 Å². The first kappa shape index (κ1) is 12.7. The second kappa shape index (κ2) is 5.67. The number of aliphatic hydroxyl groups excluding tert-OH is 2. The molecule has 0 fully saturated rings. The van der Waals surface area contributed by atoms with Gasteiger partial charge in [0.1, 0.15) is 0 Å². The van der Waals surface area contributed by atoms with E-state index in [4.69, 9.17) is 4.42 Å². The average Bonchev–Trinajstić information content (AvgIpc) is 2.80. The van der Waals surface area contributed by atoms with Gasteiger partial charge in [-0.25, -0.2) is 0 Å². The van der Waals surface area contributed by atoms with Gasteiger partial charge in [-0.2, -0.15) is 0 Å². The Balaban J connectivity index is 2.51. The van der Waals surface area contributed by atoms with Crippen LogP contribution < -0.4 is 0 Å². The summed E-state index contributed by atoms with van der Waals surface area (Å²) in [6, 6.07) is 1.61. The Morgan fingerprint density at radius 1 is 1.56 bits per heavy atom. The van der Waals surface area contributed by atoms with E-state index < -0.39 is 24.1 Å². The number of furan rings is 1. The monoisotopic (exact) mass is 228 g/mol. The number of esters is 1. The first-order valence-electron chi connectivity index (χ1n) is 5.02. The van der Waals surface area contributed by atoms with Gasteiger partial charge in [0.15, 0.2) is 0 Å². The van der Waals surface area contributed by atoms with Crippen molar-refractivity contribution in [2.24, 2.45) is 5.92 Å². The third-order valence-corrected chi connectivity index (χ3v) is 2.54. The van der Waals surface area contributed by atoms with Gasteiger partial charge < -0.3 is 19.4 Å². The molecule has 1 rings (SSSR count). The minimum Gasteiger partial charge on any atom is -0.472 e. The molecule has 1 aromatic heterocycles. The van der Waals surface area contributed by atoms with Crippen molar-refractivity contribution in [2.45, 2.75) is 25.6 Å². The second-order valence-electron chi connectivity index (χ2n) is 3.69. The first-order chi connectivity index (χ1) is 7.56. The molecule has 5 nitrogen and oxygen atoms in total. The molecule has 5 heteroatoms. The van der Waals surface area contributed by atoms with Gasteiger partial charge >= 0.3 is 5.97 Å². The van der Waals surface area contributed by atoms with Crippen molar-refractivity contribution in [3.8, 4) is 0 Å². The quantitative estimate of drug-likeness (QED) is 0.731. The molecule has 0 saturated heterocycles. The van der Waals surface area contributed by atoms with Crippen molar-refractivity contribution in [2.75, 3.05) is 7.11 Å². The van der Waals surface area contributed by atoms with Crippen LogP contribution in [0.4, 0.5) is 0 Å². The van der Waals surface area contributed by atoms with Gasteiger partial charge in [0.25, 0.3) is 0 Å². The van der Waals surface area contributed by atoms with Gasteiger partial charge in [0, 0.05) is 12.0 Å². The normalized spacial score (nSPS) is 16.5. The maximum Gasteiger partial charge on any atom is 0.311 e. The lowest BCUT2D eigenvalue weighted by Crippen LogP contribution is -2.28. The fraction of sp³-hybridized carbons (Fsp3) is 0.545. The molecule has 0 spiro atoms. The summed E-state index contributed by atoms with van der Waals surface area (Å²) in [4.78, 5) is 11.1. The molecule has 1 heterocycles. The Morgan fingerprint density at radius 3 is 2.75 bits per heavy atom. The van der Waals surface area contributed by atoms with Gasteiger partial charge in [-0.1, -0.05) is 0 Å². The minimum atomic E-state index is -0.947. The topological polar surface area (TPSA) is 79.9 Å². The van der Waals surface area contributed by atoms with Crippen LogP contribution in [0.3, 0.4) is 0 Å². The summed E-state index contributed by atoms with van der Waals surface area (Å²) in [6.07, 6.45) is 1.11. The summed E-state index contributed by atoms with van der Waals surface area (Å²) >= 11 is 0. The summed E-state index contributed by atoms with van der Waals surface area (Å²) < 4.78 is 9.32. The molecule has 0 amide bonds. The molecule has 0 bridgehead atoms. The first-order valence-corrected chi connectivity index (χ1v) is 5.02. The van der Waals surface area contributed by atoms with Crippen molar-refractivity contribution in [3.63, 3.8) is 0 Å². The highest BCUT2D eigenvalue weighted by molar-refractivity contribution is 5.72. The van der Waals surface area contributed by atoms with E-state index in [0.29, 0.717) is 5.56 Å². The van der Waals surface area contributed by atoms with Gasteiger partial charge in [-0.15, -0.1) is 0 Å². The fourth-order valence-electron chi connectivity index (χ4n) is 1.38. The summed E-state index contributed by atoms with van der Waals surface area (Å²) in [7, 11) is 1.26. The van der Waals surface area contributed by atoms with Crippen molar-refractivity contribution < 1.29 is 24.2 Å². The molecule has 1 aromatic rings. The largest absolute Gasteiger partial charge is 0.472 e. The highest BCUT2D eigenvalue weighted by atomic mass is 16.5. The van der Waals surface area contributed by atoms with E-state index in [9.17, 15) is 15.0 Å². The number of hydrogen-bond donors (Lipinski definition) is 2. The van der Waals surface area contributed by atoms with E-state index in [2.05, 4.69) is 4.74 Å². The van der Waals surface area contributed by atoms with Crippen molar-refractivity contribution in [3.05, 3.63) is 24.2 Å². The number of hydrogen-bond acceptors (Lipinski definition) is 5. The zero-order valence-corrected chi connectivity index (χ0v) is 9.29. The van der Waals surface area contributed by atoms with Crippen molar-refractivity contribution in [1.29, 1.82) is 0 Å². The molecule has 0 aromatic carbocycles. The van der Waals surface area contributed by atoms with Gasteiger partial charge in [0.05, 0.1) is 37.8 Å². The Hall–Kier alpha value is -1.33. The van der Waals surface area contributed by atoms with E-state index in [-0.39, 0.29) is 6.42 Å². The Bertz CT molecular complexity index is 319. The summed E-state index contributed by atoms with van der Waals surface area (Å²) in [5.41, 5.74) is 0.580. The van der Waals surface area contributed by atoms with Crippen LogP contribution >= 0.6 is 0 Å². The zero-order valence-electron chi connectivity index (χ0n) is 9.29. The number of methoxy groups -OCH3 is 1. The summed E-state index contributed by atoms with van der Waals surface area (Å²) in [5, 5.41) is 19.4. The SMILES string of the molecule is COC(=O)C(C)C(O)C[C@@H](O)c1ccoc1. The molecule has 90 valence electrons. The minimum absolute atomic E-state index is 0.0653. The molecular formula is C11H16O5. The van der Waals surface area contributed by atoms with E-state index in [1.807, 2.05) is 0 Å². The molecule has 0 saturated carbocycles. The van der Waals surface area contributed by atoms with Crippen LogP contribution in [0.15, 0.2) is 23.0 Å². The predicted molar refractivity (Wildman–Crippen MR) is 55.5 cm³/mol. The molecule has 3 atom stereocenters. The maximum absolute atomic E-state index is 11.1. The van der Waals surface area contributed by atoms with Crippen LogP contribution in [0.5, 0.6) is 0 Å². The fourth-order valence-corrected chi connectivity index (χ4v) is 1.38. The van der Waals surface area contributed by atoms with Crippen LogP contribution in [0.2, 0.25) is 0 Å². The molecule has 2 unspecified atom stereocenters. The molecular weight excluding hydrogens is 212 g/mol. The highest BCUT2D eigenvalue weighted by Crippen LogP contribution is 2.22. The van der Waals surface area contributed by atoms with Crippen molar-refractivity contribution >= 4 is 5.97 Å². The van der Waals surface area contributed by atoms with E-state index in [1.54, 1.807) is 13.0 Å². The number of rotatable bonds is 5. The molecule has 0 radical (unpaired) electrons. The van der Waals surface area contributed by atoms with Crippen LogP contribution in [-0.4, -0.2) is 29.4 Å².